The van der Waals surface area contributed by atoms with Crippen molar-refractivity contribution in [2.75, 3.05) is 20.8 Å². The fourth-order valence-electron chi connectivity index (χ4n) is 1.35. The zero-order valence-corrected chi connectivity index (χ0v) is 8.77. The molecule has 0 amide bonds. The maximum absolute atomic E-state index is 11.4. The van der Waals surface area contributed by atoms with Crippen molar-refractivity contribution in [1.29, 1.82) is 0 Å². The molecule has 4 nitrogen and oxygen atoms in total. The first-order valence-corrected chi connectivity index (χ1v) is 4.54. The molecule has 0 heterocycles. The molecule has 1 aromatic rings. The number of hydrogen-bond acceptors (Lipinski definition) is 4. The number of phenols is 1. The second-order valence-electron chi connectivity index (χ2n) is 3.13. The summed E-state index contributed by atoms with van der Waals surface area (Å²) in [6, 6.07) is 6.50. The number of hydrogen-bond donors (Lipinski definition) is 1. The average Bonchev–Trinajstić information content (AvgIpc) is 2.25. The van der Waals surface area contributed by atoms with E-state index in [1.165, 1.54) is 20.3 Å². The van der Waals surface area contributed by atoms with Crippen molar-refractivity contribution in [3.8, 4) is 5.75 Å². The van der Waals surface area contributed by atoms with E-state index in [1.54, 1.807) is 18.2 Å². The molecular formula is C11H14O4. The van der Waals surface area contributed by atoms with Gasteiger partial charge in [0, 0.05) is 7.11 Å². The van der Waals surface area contributed by atoms with Crippen LogP contribution in [0.25, 0.3) is 0 Å². The zero-order valence-electron chi connectivity index (χ0n) is 8.77. The molecule has 0 fully saturated rings. The van der Waals surface area contributed by atoms with Crippen LogP contribution in [0, 0.1) is 0 Å². The first-order valence-electron chi connectivity index (χ1n) is 4.54. The Hall–Kier alpha value is -1.55. The van der Waals surface area contributed by atoms with Gasteiger partial charge in [0.15, 0.2) is 0 Å². The Balaban J connectivity index is 2.93. The van der Waals surface area contributed by atoms with E-state index < -0.39 is 5.92 Å². The van der Waals surface area contributed by atoms with Crippen LogP contribution in [-0.4, -0.2) is 31.9 Å². The predicted octanol–water partition coefficient (Wildman–Crippen LogP) is 1.30. The summed E-state index contributed by atoms with van der Waals surface area (Å²) in [5.74, 6) is -0.743. The molecule has 0 aliphatic heterocycles. The topological polar surface area (TPSA) is 55.8 Å². The highest BCUT2D eigenvalue weighted by Gasteiger charge is 2.21. The Morgan fingerprint density at radius 3 is 2.73 bits per heavy atom. The number of carbonyl (C=O) groups excluding carboxylic acids is 1. The summed E-state index contributed by atoms with van der Waals surface area (Å²) in [6.07, 6.45) is 0. The van der Waals surface area contributed by atoms with Gasteiger partial charge < -0.3 is 14.6 Å². The molecule has 0 aromatic heterocycles. The molecule has 1 rings (SSSR count). The Bertz CT molecular complexity index is 335. The van der Waals surface area contributed by atoms with Crippen LogP contribution < -0.4 is 0 Å². The maximum atomic E-state index is 11.4. The van der Waals surface area contributed by atoms with E-state index >= 15 is 0 Å². The van der Waals surface area contributed by atoms with E-state index in [0.29, 0.717) is 5.56 Å². The molecule has 0 aliphatic carbocycles. The van der Waals surface area contributed by atoms with Crippen LogP contribution in [0.4, 0.5) is 0 Å². The van der Waals surface area contributed by atoms with Crippen molar-refractivity contribution >= 4 is 5.97 Å². The van der Waals surface area contributed by atoms with Gasteiger partial charge in [0.05, 0.1) is 13.7 Å². The van der Waals surface area contributed by atoms with Gasteiger partial charge in [0.2, 0.25) is 0 Å². The molecule has 0 saturated heterocycles. The van der Waals surface area contributed by atoms with Gasteiger partial charge in [0.25, 0.3) is 0 Å². The summed E-state index contributed by atoms with van der Waals surface area (Å²) in [5, 5.41) is 9.29. The van der Waals surface area contributed by atoms with Gasteiger partial charge in [0.1, 0.15) is 11.7 Å². The summed E-state index contributed by atoms with van der Waals surface area (Å²) in [4.78, 5) is 11.4. The largest absolute Gasteiger partial charge is 0.508 e. The third-order valence-corrected chi connectivity index (χ3v) is 2.09. The molecule has 1 N–H and O–H groups in total. The molecule has 0 bridgehead atoms. The van der Waals surface area contributed by atoms with Gasteiger partial charge >= 0.3 is 5.97 Å². The molecule has 15 heavy (non-hydrogen) atoms. The van der Waals surface area contributed by atoms with E-state index in [0.717, 1.165) is 0 Å². The molecule has 0 spiro atoms. The molecule has 1 aromatic carbocycles. The minimum atomic E-state index is -0.493. The maximum Gasteiger partial charge on any atom is 0.315 e. The number of benzene rings is 1. The first-order chi connectivity index (χ1) is 7.19. The van der Waals surface area contributed by atoms with E-state index in [9.17, 15) is 9.90 Å². The van der Waals surface area contributed by atoms with Crippen LogP contribution in [0.1, 0.15) is 11.5 Å². The molecule has 82 valence electrons. The van der Waals surface area contributed by atoms with Crippen LogP contribution >= 0.6 is 0 Å². The predicted molar refractivity (Wildman–Crippen MR) is 54.7 cm³/mol. The third-order valence-electron chi connectivity index (χ3n) is 2.09. The highest BCUT2D eigenvalue weighted by Crippen LogP contribution is 2.21. The van der Waals surface area contributed by atoms with Crippen molar-refractivity contribution < 1.29 is 19.4 Å². The lowest BCUT2D eigenvalue weighted by Gasteiger charge is -2.13. The van der Waals surface area contributed by atoms with Gasteiger partial charge in [-0.1, -0.05) is 12.1 Å². The number of carbonyl (C=O) groups is 1. The fourth-order valence-corrected chi connectivity index (χ4v) is 1.35. The summed E-state index contributed by atoms with van der Waals surface area (Å²) in [7, 11) is 2.84. The zero-order chi connectivity index (χ0) is 11.3. The van der Waals surface area contributed by atoms with Crippen molar-refractivity contribution in [3.05, 3.63) is 29.8 Å². The van der Waals surface area contributed by atoms with Crippen LogP contribution in [0.3, 0.4) is 0 Å². The van der Waals surface area contributed by atoms with Gasteiger partial charge in [-0.05, 0) is 17.7 Å². The first kappa shape index (κ1) is 11.5. The SMILES string of the molecule is COCC(C(=O)OC)c1cccc(O)c1. The lowest BCUT2D eigenvalue weighted by Crippen LogP contribution is -2.18. The number of aromatic hydroxyl groups is 1. The summed E-state index contributed by atoms with van der Waals surface area (Å²) in [6.45, 7) is 0.232. The highest BCUT2D eigenvalue weighted by atomic mass is 16.5. The highest BCUT2D eigenvalue weighted by molar-refractivity contribution is 5.78. The molecule has 4 heteroatoms. The van der Waals surface area contributed by atoms with Crippen LogP contribution in [0.5, 0.6) is 5.75 Å². The molecule has 1 atom stereocenters. The van der Waals surface area contributed by atoms with Gasteiger partial charge in [-0.25, -0.2) is 0 Å². The summed E-state index contributed by atoms with van der Waals surface area (Å²) in [5.41, 5.74) is 0.684. The van der Waals surface area contributed by atoms with E-state index in [2.05, 4.69) is 4.74 Å². The molecule has 0 aliphatic rings. The lowest BCUT2D eigenvalue weighted by molar-refractivity contribution is -0.143. The normalized spacial score (nSPS) is 12.1. The van der Waals surface area contributed by atoms with Crippen molar-refractivity contribution in [3.63, 3.8) is 0 Å². The minimum Gasteiger partial charge on any atom is -0.508 e. The van der Waals surface area contributed by atoms with Crippen molar-refractivity contribution in [1.82, 2.24) is 0 Å². The molecular weight excluding hydrogens is 196 g/mol. The second kappa shape index (κ2) is 5.36. The molecule has 1 unspecified atom stereocenters. The van der Waals surface area contributed by atoms with Gasteiger partial charge in [-0.2, -0.15) is 0 Å². The fraction of sp³-hybridized carbons (Fsp3) is 0.364. The van der Waals surface area contributed by atoms with Crippen LogP contribution in [-0.2, 0) is 14.3 Å². The number of esters is 1. The number of phenolic OH excluding ortho intramolecular Hbond substituents is 1. The average molecular weight is 210 g/mol. The monoisotopic (exact) mass is 210 g/mol. The van der Waals surface area contributed by atoms with Crippen LogP contribution in [0.15, 0.2) is 24.3 Å². The Morgan fingerprint density at radius 1 is 1.47 bits per heavy atom. The second-order valence-corrected chi connectivity index (χ2v) is 3.13. The third kappa shape index (κ3) is 2.95. The van der Waals surface area contributed by atoms with E-state index in [-0.39, 0.29) is 18.3 Å². The molecule has 0 radical (unpaired) electrons. The van der Waals surface area contributed by atoms with E-state index in [4.69, 9.17) is 4.74 Å². The smallest absolute Gasteiger partial charge is 0.315 e. The van der Waals surface area contributed by atoms with Crippen LogP contribution in [0.2, 0.25) is 0 Å². The number of methoxy groups -OCH3 is 2. The summed E-state index contributed by atoms with van der Waals surface area (Å²) < 4.78 is 9.60. The Morgan fingerprint density at radius 2 is 2.20 bits per heavy atom. The minimum absolute atomic E-state index is 0.123. The van der Waals surface area contributed by atoms with Gasteiger partial charge in [-0.15, -0.1) is 0 Å². The Labute approximate surface area is 88.4 Å². The standard InChI is InChI=1S/C11H14O4/c1-14-7-10(11(13)15-2)8-4-3-5-9(12)6-8/h3-6,10,12H,7H2,1-2H3. The number of rotatable bonds is 4. The lowest BCUT2D eigenvalue weighted by atomic mass is 10.00. The summed E-state index contributed by atoms with van der Waals surface area (Å²) >= 11 is 0. The quantitative estimate of drug-likeness (QED) is 0.761. The number of ether oxygens (including phenoxy) is 2. The van der Waals surface area contributed by atoms with Gasteiger partial charge in [-0.3, -0.25) is 4.79 Å². The van der Waals surface area contributed by atoms with Crippen molar-refractivity contribution in [2.45, 2.75) is 5.92 Å². The molecule has 0 saturated carbocycles. The van der Waals surface area contributed by atoms with E-state index in [1.807, 2.05) is 0 Å². The van der Waals surface area contributed by atoms with Crippen molar-refractivity contribution in [2.24, 2.45) is 0 Å². The Kier molecular flexibility index (Phi) is 4.12.